The van der Waals surface area contributed by atoms with E-state index in [1.54, 1.807) is 6.20 Å². The van der Waals surface area contributed by atoms with Crippen molar-refractivity contribution in [3.63, 3.8) is 0 Å². The van der Waals surface area contributed by atoms with Crippen molar-refractivity contribution in [2.45, 2.75) is 59.4 Å². The quantitative estimate of drug-likeness (QED) is 0.703. The number of carbonyl (C=O) groups is 1. The fourth-order valence-corrected chi connectivity index (χ4v) is 2.79. The molecule has 0 atom stereocenters. The molecule has 1 aromatic rings. The fourth-order valence-electron chi connectivity index (χ4n) is 2.63. The number of amides is 1. The van der Waals surface area contributed by atoms with Crippen LogP contribution < -0.4 is 10.6 Å². The van der Waals surface area contributed by atoms with Crippen LogP contribution in [-0.2, 0) is 4.79 Å². The molecule has 0 unspecified atom stereocenters. The molecular formula is C18H30ClN5O. The Morgan fingerprint density at radius 3 is 2.68 bits per heavy atom. The second-order valence-corrected chi connectivity index (χ2v) is 6.84. The number of hydrogen-bond donors (Lipinski definition) is 2. The predicted octanol–water partition coefficient (Wildman–Crippen LogP) is 4.30. The molecule has 0 radical (unpaired) electrons. The lowest BCUT2D eigenvalue weighted by molar-refractivity contribution is -0.130. The van der Waals surface area contributed by atoms with E-state index in [2.05, 4.69) is 41.0 Å². The summed E-state index contributed by atoms with van der Waals surface area (Å²) < 4.78 is 0. The fraction of sp³-hybridized carbons (Fsp3) is 0.611. The normalized spacial score (nSPS) is 15.4. The van der Waals surface area contributed by atoms with E-state index in [4.69, 9.17) is 11.6 Å². The van der Waals surface area contributed by atoms with E-state index in [9.17, 15) is 4.79 Å². The Morgan fingerprint density at radius 1 is 1.44 bits per heavy atom. The highest BCUT2D eigenvalue weighted by atomic mass is 35.5. The third-order valence-corrected chi connectivity index (χ3v) is 4.18. The van der Waals surface area contributed by atoms with Crippen LogP contribution in [-0.4, -0.2) is 39.4 Å². The second kappa shape index (κ2) is 9.61. The van der Waals surface area contributed by atoms with Crippen LogP contribution in [0.4, 0.5) is 11.8 Å². The minimum absolute atomic E-state index is 0.0395. The Morgan fingerprint density at radius 2 is 2.12 bits per heavy atom. The van der Waals surface area contributed by atoms with Crippen molar-refractivity contribution in [2.24, 2.45) is 0 Å². The molecule has 2 heterocycles. The van der Waals surface area contributed by atoms with E-state index in [0.29, 0.717) is 29.8 Å². The molecule has 7 heteroatoms. The number of halogens is 1. The maximum absolute atomic E-state index is 11.9. The summed E-state index contributed by atoms with van der Waals surface area (Å²) in [5.74, 6) is 1.28. The van der Waals surface area contributed by atoms with E-state index < -0.39 is 0 Å². The van der Waals surface area contributed by atoms with E-state index in [0.717, 1.165) is 25.1 Å². The minimum atomic E-state index is -0.0395. The molecule has 1 saturated heterocycles. The van der Waals surface area contributed by atoms with Crippen LogP contribution in [0.3, 0.4) is 0 Å². The number of nitrogens with one attached hydrogen (secondary N) is 2. The lowest BCUT2D eigenvalue weighted by Crippen LogP contribution is -2.41. The molecule has 0 saturated carbocycles. The number of aromatic nitrogens is 2. The van der Waals surface area contributed by atoms with Crippen molar-refractivity contribution < 1.29 is 4.79 Å². The van der Waals surface area contributed by atoms with E-state index in [1.807, 2.05) is 25.7 Å². The number of hydrogen-bond acceptors (Lipinski definition) is 5. The molecule has 1 aromatic heterocycles. The molecule has 0 spiro atoms. The second-order valence-electron chi connectivity index (χ2n) is 6.43. The summed E-state index contributed by atoms with van der Waals surface area (Å²) in [6.45, 7) is 15.2. The zero-order valence-electron chi connectivity index (χ0n) is 15.9. The van der Waals surface area contributed by atoms with Gasteiger partial charge in [0.2, 0.25) is 11.9 Å². The topological polar surface area (TPSA) is 70.2 Å². The van der Waals surface area contributed by atoms with Gasteiger partial charge in [-0.1, -0.05) is 32.0 Å². The van der Waals surface area contributed by atoms with Crippen LogP contribution in [0.5, 0.6) is 0 Å². The molecular weight excluding hydrogens is 338 g/mol. The van der Waals surface area contributed by atoms with Crippen molar-refractivity contribution in [3.05, 3.63) is 23.5 Å². The van der Waals surface area contributed by atoms with Crippen LogP contribution >= 0.6 is 11.6 Å². The summed E-state index contributed by atoms with van der Waals surface area (Å²) in [6.07, 6.45) is 3.95. The summed E-state index contributed by atoms with van der Waals surface area (Å²) in [6, 6.07) is 0. The minimum Gasteiger partial charge on any atom is -0.369 e. The third kappa shape index (κ3) is 6.20. The molecule has 0 aromatic carbocycles. The maximum Gasteiger partial charge on any atom is 0.228 e. The summed E-state index contributed by atoms with van der Waals surface area (Å²) in [4.78, 5) is 22.3. The van der Waals surface area contributed by atoms with Crippen molar-refractivity contribution in [3.8, 4) is 0 Å². The molecule has 1 fully saturated rings. The standard InChI is InChI=1S/C16H24ClN5O.C2H6/c1-11(2)20-15-19-10-12(17)14(21-15)18-8-5-9-22-13(23)6-7-16(22,3)4;1-2/h10H,1,5-9H2,2-4H3,(H2,18,19,20,21);1-2H3. The molecule has 25 heavy (non-hydrogen) atoms. The molecule has 2 N–H and O–H groups in total. The van der Waals surface area contributed by atoms with Crippen molar-refractivity contribution in [1.82, 2.24) is 14.9 Å². The van der Waals surface area contributed by atoms with Gasteiger partial charge in [-0.2, -0.15) is 4.98 Å². The first-order chi connectivity index (χ1) is 11.8. The van der Waals surface area contributed by atoms with Gasteiger partial charge in [0, 0.05) is 30.7 Å². The Labute approximate surface area is 156 Å². The first-order valence-electron chi connectivity index (χ1n) is 8.79. The van der Waals surface area contributed by atoms with Crippen molar-refractivity contribution in [2.75, 3.05) is 23.7 Å². The molecule has 0 bridgehead atoms. The number of carbonyl (C=O) groups excluding carboxylic acids is 1. The lowest BCUT2D eigenvalue weighted by Gasteiger charge is -2.31. The summed E-state index contributed by atoms with van der Waals surface area (Å²) in [7, 11) is 0. The van der Waals surface area contributed by atoms with Gasteiger partial charge < -0.3 is 15.5 Å². The molecule has 1 aliphatic heterocycles. The predicted molar refractivity (Wildman–Crippen MR) is 105 cm³/mol. The SMILES string of the molecule is C=C(C)Nc1ncc(Cl)c(NCCCN2C(=O)CCC2(C)C)n1.CC. The van der Waals surface area contributed by atoms with Crippen molar-refractivity contribution >= 4 is 29.3 Å². The average Bonchev–Trinajstić information content (AvgIpc) is 2.82. The maximum atomic E-state index is 11.9. The van der Waals surface area contributed by atoms with Crippen LogP contribution in [0.1, 0.15) is 53.9 Å². The van der Waals surface area contributed by atoms with Crippen LogP contribution in [0.15, 0.2) is 18.5 Å². The summed E-state index contributed by atoms with van der Waals surface area (Å²) in [5.41, 5.74) is 0.718. The number of anilines is 2. The average molecular weight is 368 g/mol. The summed E-state index contributed by atoms with van der Waals surface area (Å²) in [5, 5.41) is 6.63. The number of nitrogens with zero attached hydrogens (tertiary/aromatic N) is 3. The van der Waals surface area contributed by atoms with Crippen LogP contribution in [0.25, 0.3) is 0 Å². The van der Waals surface area contributed by atoms with Gasteiger partial charge in [0.1, 0.15) is 10.8 Å². The third-order valence-electron chi connectivity index (χ3n) is 3.90. The Balaban J connectivity index is 0.00000151. The van der Waals surface area contributed by atoms with Gasteiger partial charge in [-0.25, -0.2) is 4.98 Å². The van der Waals surface area contributed by atoms with Gasteiger partial charge in [-0.15, -0.1) is 0 Å². The van der Waals surface area contributed by atoms with Gasteiger partial charge in [-0.3, -0.25) is 4.79 Å². The molecule has 1 aliphatic rings. The van der Waals surface area contributed by atoms with Crippen LogP contribution in [0, 0.1) is 0 Å². The zero-order valence-corrected chi connectivity index (χ0v) is 16.7. The number of allylic oxidation sites excluding steroid dienone is 1. The van der Waals surface area contributed by atoms with Gasteiger partial charge in [0.05, 0.1) is 6.20 Å². The molecule has 140 valence electrons. The zero-order chi connectivity index (χ0) is 19.0. The molecule has 0 aliphatic carbocycles. The number of rotatable bonds is 7. The van der Waals surface area contributed by atoms with Gasteiger partial charge in [-0.05, 0) is 33.6 Å². The van der Waals surface area contributed by atoms with E-state index in [1.165, 1.54) is 0 Å². The largest absolute Gasteiger partial charge is 0.369 e. The smallest absolute Gasteiger partial charge is 0.228 e. The highest BCUT2D eigenvalue weighted by Crippen LogP contribution is 2.29. The Bertz CT molecular complexity index is 603. The van der Waals surface area contributed by atoms with Crippen LogP contribution in [0.2, 0.25) is 5.02 Å². The Hall–Kier alpha value is -1.82. The van der Waals surface area contributed by atoms with E-state index >= 15 is 0 Å². The van der Waals surface area contributed by atoms with Gasteiger partial charge in [0.15, 0.2) is 0 Å². The molecule has 2 rings (SSSR count). The summed E-state index contributed by atoms with van der Waals surface area (Å²) >= 11 is 6.11. The highest BCUT2D eigenvalue weighted by Gasteiger charge is 2.36. The number of likely N-dealkylation sites (tertiary alicyclic amines) is 1. The Kier molecular flexibility index (Phi) is 8.16. The highest BCUT2D eigenvalue weighted by molar-refractivity contribution is 6.32. The lowest BCUT2D eigenvalue weighted by atomic mass is 10.0. The first-order valence-corrected chi connectivity index (χ1v) is 9.17. The first kappa shape index (κ1) is 21.2. The van der Waals surface area contributed by atoms with E-state index in [-0.39, 0.29) is 11.4 Å². The molecule has 1 amide bonds. The molecule has 6 nitrogen and oxygen atoms in total. The van der Waals surface area contributed by atoms with Gasteiger partial charge in [0.25, 0.3) is 0 Å². The van der Waals surface area contributed by atoms with Gasteiger partial charge >= 0.3 is 0 Å². The van der Waals surface area contributed by atoms with Crippen molar-refractivity contribution in [1.29, 1.82) is 0 Å². The monoisotopic (exact) mass is 367 g/mol.